The van der Waals surface area contributed by atoms with Crippen LogP contribution in [0.5, 0.6) is 0 Å². The van der Waals surface area contributed by atoms with E-state index in [0.717, 1.165) is 44.5 Å². The van der Waals surface area contributed by atoms with Crippen molar-refractivity contribution in [2.45, 2.75) is 0 Å². The SMILES string of the molecule is O=C(Cl)c1ccc(-c2cccc(-c3cncc(-c4cccc(-c5ccc(C(=O)Cl)cc5)c4)c3)c2)cc1. The van der Waals surface area contributed by atoms with Crippen molar-refractivity contribution < 1.29 is 9.59 Å². The second-order valence-corrected chi connectivity index (χ2v) is 9.01. The Balaban J connectivity index is 1.45. The summed E-state index contributed by atoms with van der Waals surface area (Å²) in [6, 6.07) is 33.0. The molecule has 1 heterocycles. The molecule has 5 aromatic rings. The highest BCUT2D eigenvalue weighted by atomic mass is 35.5. The number of aromatic nitrogens is 1. The van der Waals surface area contributed by atoms with Crippen molar-refractivity contribution in [2.24, 2.45) is 0 Å². The molecule has 0 bridgehead atoms. The Morgan fingerprint density at radius 3 is 1.14 bits per heavy atom. The van der Waals surface area contributed by atoms with Crippen molar-refractivity contribution in [3.8, 4) is 44.5 Å². The molecular formula is C31H19Cl2NO2. The predicted molar refractivity (Wildman–Crippen MR) is 146 cm³/mol. The molecule has 0 aliphatic heterocycles. The highest BCUT2D eigenvalue weighted by Crippen LogP contribution is 2.31. The van der Waals surface area contributed by atoms with E-state index >= 15 is 0 Å². The summed E-state index contributed by atoms with van der Waals surface area (Å²) in [6.45, 7) is 0. The molecule has 0 N–H and O–H groups in total. The molecule has 0 unspecified atom stereocenters. The minimum absolute atomic E-state index is 0.468. The van der Waals surface area contributed by atoms with Crippen LogP contribution < -0.4 is 0 Å². The zero-order valence-corrected chi connectivity index (χ0v) is 20.5. The van der Waals surface area contributed by atoms with Gasteiger partial charge in [0, 0.05) is 34.6 Å². The molecule has 0 amide bonds. The number of nitrogens with zero attached hydrogens (tertiary/aromatic N) is 1. The van der Waals surface area contributed by atoms with Crippen LogP contribution in [0.2, 0.25) is 0 Å². The van der Waals surface area contributed by atoms with E-state index in [9.17, 15) is 9.59 Å². The molecule has 0 saturated carbocycles. The first-order chi connectivity index (χ1) is 17.5. The lowest BCUT2D eigenvalue weighted by atomic mass is 9.96. The number of carbonyl (C=O) groups excluding carboxylic acids is 2. The van der Waals surface area contributed by atoms with Crippen LogP contribution in [-0.4, -0.2) is 15.5 Å². The van der Waals surface area contributed by atoms with Gasteiger partial charge in [0.1, 0.15) is 0 Å². The van der Waals surface area contributed by atoms with Gasteiger partial charge in [0.2, 0.25) is 0 Å². The van der Waals surface area contributed by atoms with Crippen molar-refractivity contribution in [3.05, 3.63) is 127 Å². The Labute approximate surface area is 219 Å². The molecule has 0 radical (unpaired) electrons. The fourth-order valence-corrected chi connectivity index (χ4v) is 4.35. The lowest BCUT2D eigenvalue weighted by molar-refractivity contribution is 0.107. The van der Waals surface area contributed by atoms with Gasteiger partial charge in [-0.2, -0.15) is 0 Å². The van der Waals surface area contributed by atoms with E-state index < -0.39 is 10.5 Å². The van der Waals surface area contributed by atoms with Gasteiger partial charge in [-0.3, -0.25) is 14.6 Å². The summed E-state index contributed by atoms with van der Waals surface area (Å²) in [5.74, 6) is 0. The second-order valence-electron chi connectivity index (χ2n) is 8.33. The maximum absolute atomic E-state index is 11.4. The average Bonchev–Trinajstić information content (AvgIpc) is 2.93. The Morgan fingerprint density at radius 1 is 0.444 bits per heavy atom. The summed E-state index contributed by atoms with van der Waals surface area (Å²) in [4.78, 5) is 27.2. The van der Waals surface area contributed by atoms with Crippen LogP contribution in [0.25, 0.3) is 44.5 Å². The van der Waals surface area contributed by atoms with Gasteiger partial charge in [0.25, 0.3) is 10.5 Å². The Morgan fingerprint density at radius 2 is 0.778 bits per heavy atom. The first kappa shape index (κ1) is 23.7. The molecule has 0 aliphatic carbocycles. The van der Waals surface area contributed by atoms with E-state index in [1.54, 1.807) is 24.3 Å². The lowest BCUT2D eigenvalue weighted by Crippen LogP contribution is -1.89. The van der Waals surface area contributed by atoms with Gasteiger partial charge in [-0.1, -0.05) is 60.7 Å². The third-order valence-electron chi connectivity index (χ3n) is 6.02. The topological polar surface area (TPSA) is 47.0 Å². The van der Waals surface area contributed by atoms with Gasteiger partial charge in [-0.25, -0.2) is 0 Å². The second kappa shape index (κ2) is 10.3. The normalized spacial score (nSPS) is 10.7. The highest BCUT2D eigenvalue weighted by Gasteiger charge is 2.08. The number of benzene rings is 4. The molecule has 3 nitrogen and oxygen atoms in total. The van der Waals surface area contributed by atoms with Gasteiger partial charge in [0.15, 0.2) is 0 Å². The zero-order valence-electron chi connectivity index (χ0n) is 19.0. The molecule has 5 heteroatoms. The summed E-state index contributed by atoms with van der Waals surface area (Å²) < 4.78 is 0. The van der Waals surface area contributed by atoms with Crippen molar-refractivity contribution in [1.29, 1.82) is 0 Å². The molecule has 0 atom stereocenters. The van der Waals surface area contributed by atoms with Crippen LogP contribution in [0.4, 0.5) is 0 Å². The minimum atomic E-state index is -0.468. The first-order valence-electron chi connectivity index (χ1n) is 11.2. The molecule has 0 saturated heterocycles. The monoisotopic (exact) mass is 507 g/mol. The number of pyridine rings is 1. The molecule has 0 fully saturated rings. The third kappa shape index (κ3) is 5.13. The van der Waals surface area contributed by atoms with Crippen molar-refractivity contribution in [2.75, 3.05) is 0 Å². The lowest BCUT2D eigenvalue weighted by Gasteiger charge is -2.10. The van der Waals surface area contributed by atoms with Gasteiger partial charge in [-0.05, 0) is 99.0 Å². The Hall–Kier alpha value is -4.05. The summed E-state index contributed by atoms with van der Waals surface area (Å²) in [7, 11) is 0. The summed E-state index contributed by atoms with van der Waals surface area (Å²) in [6.07, 6.45) is 3.70. The minimum Gasteiger partial charge on any atom is -0.276 e. The van der Waals surface area contributed by atoms with Crippen LogP contribution in [-0.2, 0) is 0 Å². The van der Waals surface area contributed by atoms with Crippen molar-refractivity contribution in [3.63, 3.8) is 0 Å². The van der Waals surface area contributed by atoms with Gasteiger partial charge >= 0.3 is 0 Å². The van der Waals surface area contributed by atoms with E-state index in [2.05, 4.69) is 35.3 Å². The van der Waals surface area contributed by atoms with Crippen LogP contribution in [0.3, 0.4) is 0 Å². The van der Waals surface area contributed by atoms with Gasteiger partial charge in [0.05, 0.1) is 0 Å². The largest absolute Gasteiger partial charge is 0.276 e. The van der Waals surface area contributed by atoms with E-state index in [4.69, 9.17) is 23.2 Å². The molecule has 5 rings (SSSR count). The fraction of sp³-hybridized carbons (Fsp3) is 0. The van der Waals surface area contributed by atoms with Crippen LogP contribution in [0.1, 0.15) is 20.7 Å². The molecule has 36 heavy (non-hydrogen) atoms. The average molecular weight is 508 g/mol. The summed E-state index contributed by atoms with van der Waals surface area (Å²) >= 11 is 11.1. The van der Waals surface area contributed by atoms with E-state index in [1.165, 1.54) is 0 Å². The number of hydrogen-bond donors (Lipinski definition) is 0. The van der Waals surface area contributed by atoms with Crippen molar-refractivity contribution in [1.82, 2.24) is 4.98 Å². The number of hydrogen-bond acceptors (Lipinski definition) is 3. The highest BCUT2D eigenvalue weighted by molar-refractivity contribution is 6.68. The summed E-state index contributed by atoms with van der Waals surface area (Å²) in [5.41, 5.74) is 9.08. The molecule has 1 aromatic heterocycles. The molecule has 0 spiro atoms. The zero-order chi connectivity index (χ0) is 25.1. The molecule has 4 aromatic carbocycles. The molecule has 0 aliphatic rings. The molecular weight excluding hydrogens is 489 g/mol. The fourth-order valence-electron chi connectivity index (χ4n) is 4.10. The maximum Gasteiger partial charge on any atom is 0.252 e. The Bertz CT molecular complexity index is 1460. The smallest absolute Gasteiger partial charge is 0.252 e. The summed E-state index contributed by atoms with van der Waals surface area (Å²) in [5, 5.41) is -0.936. The van der Waals surface area contributed by atoms with E-state index in [-0.39, 0.29) is 0 Å². The number of rotatable bonds is 6. The van der Waals surface area contributed by atoms with E-state index in [1.807, 2.05) is 60.9 Å². The van der Waals surface area contributed by atoms with Gasteiger partial charge < -0.3 is 0 Å². The van der Waals surface area contributed by atoms with Gasteiger partial charge in [-0.15, -0.1) is 0 Å². The third-order valence-corrected chi connectivity index (χ3v) is 6.46. The van der Waals surface area contributed by atoms with E-state index in [0.29, 0.717) is 11.1 Å². The first-order valence-corrected chi connectivity index (χ1v) is 12.0. The van der Waals surface area contributed by atoms with Crippen LogP contribution in [0.15, 0.2) is 116 Å². The quantitative estimate of drug-likeness (QED) is 0.216. The molecule has 174 valence electrons. The standard InChI is InChI=1S/C31H19Cl2NO2/c32-30(35)22-11-7-20(8-12-22)24-3-1-5-26(15-24)28-17-29(19-34-18-28)27-6-2-4-25(16-27)21-9-13-23(14-10-21)31(33)36/h1-19H. The number of carbonyl (C=O) groups is 2. The Kier molecular flexibility index (Phi) is 6.77. The van der Waals surface area contributed by atoms with Crippen LogP contribution in [0, 0.1) is 0 Å². The van der Waals surface area contributed by atoms with Crippen LogP contribution >= 0.6 is 23.2 Å². The maximum atomic E-state index is 11.4. The van der Waals surface area contributed by atoms with Crippen molar-refractivity contribution >= 4 is 33.7 Å². The predicted octanol–water partition coefficient (Wildman–Crippen LogP) is 8.51. The number of halogens is 2.